The van der Waals surface area contributed by atoms with Gasteiger partial charge in [-0.3, -0.25) is 0 Å². The standard InChI is InChI=1S/C7H14O.C6H12.C5H10.C4H8/c1-3-5-6-7-8-4-2;1-4-5-6(2)3;1-4-5(2)3;1-3-4-2/h4H,2-3,5-7H2,1H3;2,4-5H2,1,3H3;2,4H2,1,3H3;3H,1,4H2,2H3. The second kappa shape index (κ2) is 32.6. The van der Waals surface area contributed by atoms with E-state index in [1.807, 2.05) is 13.0 Å². The van der Waals surface area contributed by atoms with Crippen LogP contribution in [-0.2, 0) is 4.74 Å². The molecule has 0 spiro atoms. The van der Waals surface area contributed by atoms with Crippen LogP contribution in [0.1, 0.15) is 86.5 Å². The lowest BCUT2D eigenvalue weighted by atomic mass is 10.2. The number of rotatable bonds is 9. The molecule has 0 aliphatic heterocycles. The SMILES string of the molecule is C=C(C)CC.C=C(C)CCC.C=CCC.C=COCCCCC. The molecule has 0 N–H and O–H groups in total. The van der Waals surface area contributed by atoms with Gasteiger partial charge in [0.05, 0.1) is 12.9 Å². The lowest BCUT2D eigenvalue weighted by molar-refractivity contribution is 0.243. The first-order chi connectivity index (χ1) is 10.9. The zero-order valence-corrected chi connectivity index (χ0v) is 17.0. The third-order valence-corrected chi connectivity index (χ3v) is 2.55. The fourth-order valence-electron chi connectivity index (χ4n) is 0.946. The number of hydrogen-bond donors (Lipinski definition) is 0. The van der Waals surface area contributed by atoms with Gasteiger partial charge >= 0.3 is 0 Å². The predicted octanol–water partition coefficient (Wildman–Crippen LogP) is 8.25. The minimum absolute atomic E-state index is 0.831. The Balaban J connectivity index is -0.000000108. The van der Waals surface area contributed by atoms with E-state index in [-0.39, 0.29) is 0 Å². The summed E-state index contributed by atoms with van der Waals surface area (Å²) in [6, 6.07) is 0. The summed E-state index contributed by atoms with van der Waals surface area (Å²) in [5.41, 5.74) is 2.54. The van der Waals surface area contributed by atoms with Crippen molar-refractivity contribution in [3.8, 4) is 0 Å². The third kappa shape index (κ3) is 76.7. The van der Waals surface area contributed by atoms with Gasteiger partial charge in [0.2, 0.25) is 0 Å². The molecule has 0 fully saturated rings. The third-order valence-electron chi connectivity index (χ3n) is 2.55. The van der Waals surface area contributed by atoms with Crippen LogP contribution in [0.3, 0.4) is 0 Å². The van der Waals surface area contributed by atoms with Crippen LogP contribution in [0.15, 0.2) is 49.8 Å². The van der Waals surface area contributed by atoms with Gasteiger partial charge < -0.3 is 4.74 Å². The number of ether oxygens (including phenoxy) is 1. The van der Waals surface area contributed by atoms with Crippen molar-refractivity contribution < 1.29 is 4.74 Å². The molecular weight excluding hydrogens is 280 g/mol. The maximum atomic E-state index is 4.90. The number of unbranched alkanes of at least 4 members (excludes halogenated alkanes) is 2. The molecule has 23 heavy (non-hydrogen) atoms. The number of allylic oxidation sites excluding steroid dienone is 3. The molecule has 0 aromatic carbocycles. The Kier molecular flexibility index (Phi) is 42.2. The summed E-state index contributed by atoms with van der Waals surface area (Å²) < 4.78 is 4.90. The average molecular weight is 325 g/mol. The molecule has 0 saturated carbocycles. The van der Waals surface area contributed by atoms with Gasteiger partial charge in [0.15, 0.2) is 0 Å². The van der Waals surface area contributed by atoms with Crippen molar-refractivity contribution in [1.29, 1.82) is 0 Å². The molecule has 1 nitrogen and oxygen atoms in total. The zero-order chi connectivity index (χ0) is 18.9. The lowest BCUT2D eigenvalue weighted by Crippen LogP contribution is -1.84. The number of hydrogen-bond acceptors (Lipinski definition) is 1. The van der Waals surface area contributed by atoms with Crippen LogP contribution < -0.4 is 0 Å². The van der Waals surface area contributed by atoms with Crippen molar-refractivity contribution in [2.24, 2.45) is 0 Å². The second-order valence-electron chi connectivity index (χ2n) is 5.46. The van der Waals surface area contributed by atoms with Crippen LogP contribution in [0.4, 0.5) is 0 Å². The first-order valence-corrected chi connectivity index (χ1v) is 8.99. The highest BCUT2D eigenvalue weighted by Crippen LogP contribution is 1.96. The monoisotopic (exact) mass is 324 g/mol. The first kappa shape index (κ1) is 29.7. The molecule has 0 unspecified atom stereocenters. The average Bonchev–Trinajstić information content (AvgIpc) is 2.53. The maximum absolute atomic E-state index is 4.90. The topological polar surface area (TPSA) is 9.23 Å². The van der Waals surface area contributed by atoms with E-state index in [1.165, 1.54) is 43.1 Å². The predicted molar refractivity (Wildman–Crippen MR) is 111 cm³/mol. The van der Waals surface area contributed by atoms with Crippen LogP contribution >= 0.6 is 0 Å². The molecule has 0 atom stereocenters. The summed E-state index contributed by atoms with van der Waals surface area (Å²) >= 11 is 0. The molecule has 138 valence electrons. The van der Waals surface area contributed by atoms with E-state index < -0.39 is 0 Å². The van der Waals surface area contributed by atoms with Crippen LogP contribution in [0.2, 0.25) is 0 Å². The van der Waals surface area contributed by atoms with Gasteiger partial charge in [-0.05, 0) is 39.5 Å². The lowest BCUT2D eigenvalue weighted by Gasteiger charge is -1.96. The van der Waals surface area contributed by atoms with Crippen molar-refractivity contribution in [3.05, 3.63) is 49.8 Å². The fourth-order valence-corrected chi connectivity index (χ4v) is 0.946. The Morgan fingerprint density at radius 3 is 1.52 bits per heavy atom. The van der Waals surface area contributed by atoms with Gasteiger partial charge in [-0.15, -0.1) is 19.7 Å². The van der Waals surface area contributed by atoms with Crippen LogP contribution in [0.5, 0.6) is 0 Å². The Hall–Kier alpha value is -1.24. The van der Waals surface area contributed by atoms with Crippen molar-refractivity contribution in [3.63, 3.8) is 0 Å². The van der Waals surface area contributed by atoms with Crippen LogP contribution in [0, 0.1) is 0 Å². The highest BCUT2D eigenvalue weighted by atomic mass is 16.5. The molecule has 0 radical (unpaired) electrons. The van der Waals surface area contributed by atoms with Gasteiger partial charge in [-0.2, -0.15) is 0 Å². The smallest absolute Gasteiger partial charge is 0.0873 e. The van der Waals surface area contributed by atoms with E-state index in [4.69, 9.17) is 4.74 Å². The molecule has 1 heteroatoms. The molecule has 0 bridgehead atoms. The van der Waals surface area contributed by atoms with E-state index in [2.05, 4.69) is 60.9 Å². The molecular formula is C22H44O. The van der Waals surface area contributed by atoms with Crippen LogP contribution in [-0.4, -0.2) is 6.61 Å². The quantitative estimate of drug-likeness (QED) is 0.235. The minimum Gasteiger partial charge on any atom is -0.502 e. The summed E-state index contributed by atoms with van der Waals surface area (Å²) in [5, 5.41) is 0. The zero-order valence-electron chi connectivity index (χ0n) is 17.0. The molecule has 0 amide bonds. The van der Waals surface area contributed by atoms with Crippen molar-refractivity contribution in [2.75, 3.05) is 6.61 Å². The highest BCUT2D eigenvalue weighted by Gasteiger charge is 1.81. The molecule has 0 heterocycles. The normalized spacial score (nSPS) is 7.91. The Morgan fingerprint density at radius 1 is 0.870 bits per heavy atom. The molecule has 0 aromatic heterocycles. The van der Waals surface area contributed by atoms with Crippen LogP contribution in [0.25, 0.3) is 0 Å². The van der Waals surface area contributed by atoms with Gasteiger partial charge in [-0.25, -0.2) is 0 Å². The molecule has 0 aliphatic rings. The summed E-state index contributed by atoms with van der Waals surface area (Å²) in [6.07, 6.45) is 11.6. The van der Waals surface area contributed by atoms with E-state index in [1.54, 1.807) is 0 Å². The minimum atomic E-state index is 0.831. The molecule has 0 aliphatic carbocycles. The largest absolute Gasteiger partial charge is 0.502 e. The second-order valence-corrected chi connectivity index (χ2v) is 5.46. The van der Waals surface area contributed by atoms with E-state index in [9.17, 15) is 0 Å². The first-order valence-electron chi connectivity index (χ1n) is 8.99. The molecule has 0 rings (SSSR count). The van der Waals surface area contributed by atoms with E-state index in [0.717, 1.165) is 25.9 Å². The summed E-state index contributed by atoms with van der Waals surface area (Å²) in [4.78, 5) is 0. The van der Waals surface area contributed by atoms with Gasteiger partial charge in [0.1, 0.15) is 0 Å². The van der Waals surface area contributed by atoms with Crippen molar-refractivity contribution in [1.82, 2.24) is 0 Å². The Morgan fingerprint density at radius 2 is 1.35 bits per heavy atom. The summed E-state index contributed by atoms with van der Waals surface area (Å²) in [5.74, 6) is 0. The van der Waals surface area contributed by atoms with Crippen molar-refractivity contribution in [2.45, 2.75) is 86.5 Å². The Labute approximate surface area is 148 Å². The molecule has 0 aromatic rings. The van der Waals surface area contributed by atoms with E-state index >= 15 is 0 Å². The highest BCUT2D eigenvalue weighted by molar-refractivity contribution is 4.86. The van der Waals surface area contributed by atoms with Gasteiger partial charge in [0, 0.05) is 0 Å². The van der Waals surface area contributed by atoms with E-state index in [0.29, 0.717) is 0 Å². The van der Waals surface area contributed by atoms with Gasteiger partial charge in [-0.1, -0.05) is 70.8 Å². The van der Waals surface area contributed by atoms with Crippen molar-refractivity contribution >= 4 is 0 Å². The Bertz CT molecular complexity index is 251. The maximum Gasteiger partial charge on any atom is 0.0873 e. The summed E-state index contributed by atoms with van der Waals surface area (Å²) in [6.45, 7) is 27.7. The fraction of sp³-hybridized carbons (Fsp3) is 0.636. The van der Waals surface area contributed by atoms with Gasteiger partial charge in [0.25, 0.3) is 0 Å². The molecule has 0 saturated heterocycles. The summed E-state index contributed by atoms with van der Waals surface area (Å²) in [7, 11) is 0.